The van der Waals surface area contributed by atoms with E-state index in [0.717, 1.165) is 18.0 Å². The zero-order chi connectivity index (χ0) is 9.97. The fourth-order valence-electron chi connectivity index (χ4n) is 1.97. The summed E-state index contributed by atoms with van der Waals surface area (Å²) in [6.45, 7) is 0. The molecule has 1 saturated carbocycles. The van der Waals surface area contributed by atoms with Crippen molar-refractivity contribution in [1.29, 1.82) is 0 Å². The topological polar surface area (TPSA) is 55.0 Å². The Labute approximate surface area is 88.1 Å². The number of aromatic nitrogens is 2. The molecule has 1 aromatic heterocycles. The molecule has 1 aliphatic rings. The highest BCUT2D eigenvalue weighted by Crippen LogP contribution is 2.26. The third kappa shape index (κ3) is 2.04. The highest BCUT2D eigenvalue weighted by atomic mass is 32.1. The van der Waals surface area contributed by atoms with Gasteiger partial charge in [-0.25, -0.2) is 0 Å². The van der Waals surface area contributed by atoms with Crippen molar-refractivity contribution < 1.29 is 0 Å². The van der Waals surface area contributed by atoms with Crippen LogP contribution < -0.4 is 10.6 Å². The molecule has 0 unspecified atom stereocenters. The van der Waals surface area contributed by atoms with Gasteiger partial charge in [-0.15, -0.1) is 10.2 Å². The third-order valence-corrected chi connectivity index (χ3v) is 3.72. The van der Waals surface area contributed by atoms with E-state index in [-0.39, 0.29) is 0 Å². The van der Waals surface area contributed by atoms with Crippen molar-refractivity contribution in [1.82, 2.24) is 10.2 Å². The van der Waals surface area contributed by atoms with E-state index in [2.05, 4.69) is 22.1 Å². The van der Waals surface area contributed by atoms with Crippen molar-refractivity contribution in [3.05, 3.63) is 5.51 Å². The number of anilines is 1. The van der Waals surface area contributed by atoms with Crippen LogP contribution in [-0.2, 0) is 0 Å². The van der Waals surface area contributed by atoms with E-state index < -0.39 is 0 Å². The van der Waals surface area contributed by atoms with Gasteiger partial charge in [0.05, 0.1) is 0 Å². The Kier molecular flexibility index (Phi) is 2.98. The smallest absolute Gasteiger partial charge is 0.208 e. The molecule has 0 aliphatic heterocycles. The summed E-state index contributed by atoms with van der Waals surface area (Å²) in [5.41, 5.74) is 7.65. The van der Waals surface area contributed by atoms with Crippen LogP contribution in [0, 0.1) is 0 Å². The lowest BCUT2D eigenvalue weighted by Crippen LogP contribution is -2.38. The Bertz CT molecular complexity index is 266. The van der Waals surface area contributed by atoms with E-state index in [1.54, 1.807) is 16.8 Å². The van der Waals surface area contributed by atoms with E-state index in [1.165, 1.54) is 12.8 Å². The quantitative estimate of drug-likeness (QED) is 0.801. The maximum atomic E-state index is 5.87. The van der Waals surface area contributed by atoms with E-state index in [1.807, 2.05) is 0 Å². The van der Waals surface area contributed by atoms with Gasteiger partial charge in [0.2, 0.25) is 5.13 Å². The molecule has 2 rings (SSSR count). The summed E-state index contributed by atoms with van der Waals surface area (Å²) in [6, 6.07) is 1.01. The molecule has 1 aromatic rings. The number of nitrogens with two attached hydrogens (primary N) is 1. The minimum Gasteiger partial charge on any atom is -0.347 e. The molecular formula is C9H16N4S. The minimum atomic E-state index is 0.411. The minimum absolute atomic E-state index is 0.411. The maximum Gasteiger partial charge on any atom is 0.208 e. The molecule has 1 fully saturated rings. The lowest BCUT2D eigenvalue weighted by Gasteiger charge is -2.32. The van der Waals surface area contributed by atoms with Crippen LogP contribution in [0.25, 0.3) is 0 Å². The van der Waals surface area contributed by atoms with Gasteiger partial charge in [-0.3, -0.25) is 0 Å². The predicted octanol–water partition coefficient (Wildman–Crippen LogP) is 1.24. The first-order chi connectivity index (χ1) is 6.77. The molecule has 78 valence electrons. The molecule has 0 saturated heterocycles. The second kappa shape index (κ2) is 4.23. The molecule has 0 atom stereocenters. The van der Waals surface area contributed by atoms with Gasteiger partial charge >= 0.3 is 0 Å². The molecular weight excluding hydrogens is 196 g/mol. The van der Waals surface area contributed by atoms with Crippen molar-refractivity contribution in [3.63, 3.8) is 0 Å². The van der Waals surface area contributed by atoms with Crippen LogP contribution in [0.3, 0.4) is 0 Å². The molecule has 5 heteroatoms. The van der Waals surface area contributed by atoms with Crippen LogP contribution in [-0.4, -0.2) is 29.3 Å². The Morgan fingerprint density at radius 2 is 2.14 bits per heavy atom. The van der Waals surface area contributed by atoms with Crippen LogP contribution in [0.1, 0.15) is 25.7 Å². The van der Waals surface area contributed by atoms with E-state index in [9.17, 15) is 0 Å². The molecule has 0 amide bonds. The first-order valence-electron chi connectivity index (χ1n) is 5.02. The highest BCUT2D eigenvalue weighted by Gasteiger charge is 2.23. The molecule has 4 nitrogen and oxygen atoms in total. The zero-order valence-corrected chi connectivity index (χ0v) is 9.20. The first-order valence-corrected chi connectivity index (χ1v) is 5.90. The largest absolute Gasteiger partial charge is 0.347 e. The molecule has 0 aromatic carbocycles. The standard InChI is InChI=1S/C9H16N4S/c1-13(9-12-11-6-14-9)8-4-2-7(10)3-5-8/h6-8H,2-5,10H2,1H3. The number of hydrogen-bond acceptors (Lipinski definition) is 5. The Morgan fingerprint density at radius 1 is 1.43 bits per heavy atom. The Balaban J connectivity index is 1.95. The van der Waals surface area contributed by atoms with Gasteiger partial charge in [-0.1, -0.05) is 11.3 Å². The average molecular weight is 212 g/mol. The average Bonchev–Trinajstić information content (AvgIpc) is 2.71. The molecule has 1 aliphatic carbocycles. The van der Waals surface area contributed by atoms with Gasteiger partial charge in [0.1, 0.15) is 5.51 Å². The van der Waals surface area contributed by atoms with Crippen LogP contribution in [0.4, 0.5) is 5.13 Å². The monoisotopic (exact) mass is 212 g/mol. The molecule has 1 heterocycles. The Morgan fingerprint density at radius 3 is 2.71 bits per heavy atom. The van der Waals surface area contributed by atoms with Gasteiger partial charge < -0.3 is 10.6 Å². The normalized spacial score (nSPS) is 27.6. The Hall–Kier alpha value is -0.680. The van der Waals surface area contributed by atoms with Crippen molar-refractivity contribution in [2.45, 2.75) is 37.8 Å². The van der Waals surface area contributed by atoms with Crippen LogP contribution >= 0.6 is 11.3 Å². The van der Waals surface area contributed by atoms with Crippen molar-refractivity contribution >= 4 is 16.5 Å². The summed E-state index contributed by atoms with van der Waals surface area (Å²) in [6.07, 6.45) is 4.62. The lowest BCUT2D eigenvalue weighted by molar-refractivity contribution is 0.384. The summed E-state index contributed by atoms with van der Waals surface area (Å²) in [5.74, 6) is 0. The predicted molar refractivity (Wildman–Crippen MR) is 58.5 cm³/mol. The van der Waals surface area contributed by atoms with Crippen LogP contribution in [0.15, 0.2) is 5.51 Å². The SMILES string of the molecule is CN(c1nncs1)C1CCC(N)CC1. The molecule has 0 bridgehead atoms. The maximum absolute atomic E-state index is 5.87. The van der Waals surface area contributed by atoms with Gasteiger partial charge in [-0.2, -0.15) is 0 Å². The second-order valence-electron chi connectivity index (χ2n) is 3.90. The molecule has 14 heavy (non-hydrogen) atoms. The van der Waals surface area contributed by atoms with Crippen molar-refractivity contribution in [3.8, 4) is 0 Å². The van der Waals surface area contributed by atoms with Gasteiger partial charge in [0.15, 0.2) is 0 Å². The number of rotatable bonds is 2. The van der Waals surface area contributed by atoms with Crippen LogP contribution in [0.2, 0.25) is 0 Å². The number of nitrogens with zero attached hydrogens (tertiary/aromatic N) is 3. The lowest BCUT2D eigenvalue weighted by atomic mass is 9.91. The van der Waals surface area contributed by atoms with Crippen LogP contribution in [0.5, 0.6) is 0 Å². The first kappa shape index (κ1) is 9.86. The third-order valence-electron chi connectivity index (χ3n) is 2.94. The summed E-state index contributed by atoms with van der Waals surface area (Å²) < 4.78 is 0. The molecule has 0 spiro atoms. The van der Waals surface area contributed by atoms with Gasteiger partial charge in [-0.05, 0) is 25.7 Å². The summed E-state index contributed by atoms with van der Waals surface area (Å²) in [4.78, 5) is 2.24. The fraction of sp³-hybridized carbons (Fsp3) is 0.778. The molecule has 2 N–H and O–H groups in total. The zero-order valence-electron chi connectivity index (χ0n) is 8.39. The molecule has 0 radical (unpaired) electrons. The van der Waals surface area contributed by atoms with Gasteiger partial charge in [0.25, 0.3) is 0 Å². The summed E-state index contributed by atoms with van der Waals surface area (Å²) in [7, 11) is 2.10. The number of hydrogen-bond donors (Lipinski definition) is 1. The fourth-order valence-corrected chi connectivity index (χ4v) is 2.56. The van der Waals surface area contributed by atoms with Crippen molar-refractivity contribution in [2.24, 2.45) is 5.73 Å². The van der Waals surface area contributed by atoms with E-state index in [4.69, 9.17) is 5.73 Å². The summed E-state index contributed by atoms with van der Waals surface area (Å²) >= 11 is 1.60. The van der Waals surface area contributed by atoms with E-state index in [0.29, 0.717) is 12.1 Å². The van der Waals surface area contributed by atoms with Crippen molar-refractivity contribution in [2.75, 3.05) is 11.9 Å². The summed E-state index contributed by atoms with van der Waals surface area (Å²) in [5, 5.41) is 8.95. The second-order valence-corrected chi connectivity index (χ2v) is 4.71. The van der Waals surface area contributed by atoms with E-state index >= 15 is 0 Å². The highest BCUT2D eigenvalue weighted by molar-refractivity contribution is 7.13. The van der Waals surface area contributed by atoms with Gasteiger partial charge in [0, 0.05) is 19.1 Å².